The number of hydrogen-bond donors (Lipinski definition) is 1. The Balaban J connectivity index is 1.73. The lowest BCUT2D eigenvalue weighted by Crippen LogP contribution is -2.26. The zero-order valence-corrected chi connectivity index (χ0v) is 10.3. The second-order valence-corrected chi connectivity index (χ2v) is 4.48. The zero-order valence-electron chi connectivity index (χ0n) is 10.3. The third-order valence-corrected chi connectivity index (χ3v) is 3.28. The van der Waals surface area contributed by atoms with Crippen LogP contribution in [0.4, 0.5) is 0 Å². The Morgan fingerprint density at radius 1 is 1.47 bits per heavy atom. The molecule has 5 heteroatoms. The third-order valence-electron chi connectivity index (χ3n) is 3.28. The molecule has 1 saturated heterocycles. The summed E-state index contributed by atoms with van der Waals surface area (Å²) in [5, 5.41) is 7.92. The highest BCUT2D eigenvalue weighted by atomic mass is 16.5. The van der Waals surface area contributed by atoms with E-state index in [0.717, 1.165) is 12.1 Å². The molecule has 94 valence electrons. The Morgan fingerprint density at radius 2 is 2.35 bits per heavy atom. The Morgan fingerprint density at radius 3 is 2.94 bits per heavy atom. The van der Waals surface area contributed by atoms with Crippen LogP contribution in [0.3, 0.4) is 0 Å². The Kier molecular flexibility index (Phi) is 4.28. The van der Waals surface area contributed by atoms with Crippen LogP contribution < -0.4 is 10.5 Å². The molecule has 2 rings (SSSR count). The van der Waals surface area contributed by atoms with E-state index in [1.807, 2.05) is 12.1 Å². The molecule has 5 nitrogen and oxygen atoms in total. The minimum atomic E-state index is 0.417. The molecule has 2 heterocycles. The Hall–Kier alpha value is -1.20. The van der Waals surface area contributed by atoms with Gasteiger partial charge in [0.25, 0.3) is 0 Å². The first-order valence-corrected chi connectivity index (χ1v) is 6.15. The van der Waals surface area contributed by atoms with Gasteiger partial charge in [0.2, 0.25) is 5.88 Å². The lowest BCUT2D eigenvalue weighted by atomic mass is 10.1. The highest BCUT2D eigenvalue weighted by Crippen LogP contribution is 2.18. The SMILES string of the molecule is CN1CCCC1CCOc1ccc(CN)nn1. The second kappa shape index (κ2) is 5.93. The van der Waals surface area contributed by atoms with Crippen molar-refractivity contribution in [2.75, 3.05) is 20.2 Å². The second-order valence-electron chi connectivity index (χ2n) is 4.48. The zero-order chi connectivity index (χ0) is 12.1. The van der Waals surface area contributed by atoms with Crippen molar-refractivity contribution in [3.8, 4) is 5.88 Å². The fourth-order valence-corrected chi connectivity index (χ4v) is 2.18. The van der Waals surface area contributed by atoms with Crippen molar-refractivity contribution in [2.24, 2.45) is 5.73 Å². The van der Waals surface area contributed by atoms with Crippen LogP contribution in [0, 0.1) is 0 Å². The molecule has 0 spiro atoms. The molecule has 0 amide bonds. The summed E-state index contributed by atoms with van der Waals surface area (Å²) in [6.07, 6.45) is 3.63. The average molecular weight is 236 g/mol. The first-order valence-electron chi connectivity index (χ1n) is 6.15. The molecule has 0 aromatic carbocycles. The van der Waals surface area contributed by atoms with Gasteiger partial charge in [0, 0.05) is 18.7 Å². The van der Waals surface area contributed by atoms with E-state index in [2.05, 4.69) is 22.1 Å². The normalized spacial score (nSPS) is 20.7. The van der Waals surface area contributed by atoms with Crippen LogP contribution in [0.1, 0.15) is 25.0 Å². The summed E-state index contributed by atoms with van der Waals surface area (Å²) < 4.78 is 5.57. The van der Waals surface area contributed by atoms with Gasteiger partial charge in [0.1, 0.15) is 0 Å². The predicted octanol–water partition coefficient (Wildman–Crippen LogP) is 0.798. The van der Waals surface area contributed by atoms with Crippen LogP contribution in [0.15, 0.2) is 12.1 Å². The summed E-state index contributed by atoms with van der Waals surface area (Å²) in [7, 11) is 2.17. The van der Waals surface area contributed by atoms with Gasteiger partial charge in [0.05, 0.1) is 12.3 Å². The van der Waals surface area contributed by atoms with E-state index in [1.165, 1.54) is 19.4 Å². The van der Waals surface area contributed by atoms with Gasteiger partial charge in [-0.1, -0.05) is 0 Å². The van der Waals surface area contributed by atoms with Crippen molar-refractivity contribution >= 4 is 0 Å². The van der Waals surface area contributed by atoms with Crippen molar-refractivity contribution in [2.45, 2.75) is 31.8 Å². The molecule has 1 aromatic heterocycles. The maximum absolute atomic E-state index is 5.57. The fourth-order valence-electron chi connectivity index (χ4n) is 2.18. The van der Waals surface area contributed by atoms with Crippen LogP contribution >= 0.6 is 0 Å². The first kappa shape index (κ1) is 12.3. The number of nitrogens with two attached hydrogens (primary N) is 1. The highest BCUT2D eigenvalue weighted by Gasteiger charge is 2.20. The van der Waals surface area contributed by atoms with Gasteiger partial charge < -0.3 is 15.4 Å². The van der Waals surface area contributed by atoms with E-state index in [0.29, 0.717) is 25.1 Å². The van der Waals surface area contributed by atoms with Crippen molar-refractivity contribution in [3.63, 3.8) is 0 Å². The summed E-state index contributed by atoms with van der Waals surface area (Å²) in [5.74, 6) is 0.586. The first-order chi connectivity index (χ1) is 8.29. The van der Waals surface area contributed by atoms with Crippen molar-refractivity contribution in [1.82, 2.24) is 15.1 Å². The van der Waals surface area contributed by atoms with Gasteiger partial charge in [-0.15, -0.1) is 5.10 Å². The average Bonchev–Trinajstić information content (AvgIpc) is 2.76. The van der Waals surface area contributed by atoms with Crippen molar-refractivity contribution < 1.29 is 4.74 Å². The van der Waals surface area contributed by atoms with Gasteiger partial charge in [-0.25, -0.2) is 0 Å². The third kappa shape index (κ3) is 3.38. The Bertz CT molecular complexity index is 341. The molecule has 1 aliphatic heterocycles. The number of nitrogens with zero attached hydrogens (tertiary/aromatic N) is 3. The van der Waals surface area contributed by atoms with E-state index >= 15 is 0 Å². The minimum absolute atomic E-state index is 0.417. The monoisotopic (exact) mass is 236 g/mol. The molecule has 1 aliphatic rings. The summed E-state index contributed by atoms with van der Waals surface area (Å²) in [4.78, 5) is 2.40. The molecule has 0 bridgehead atoms. The van der Waals surface area contributed by atoms with Crippen molar-refractivity contribution in [3.05, 3.63) is 17.8 Å². The van der Waals surface area contributed by atoms with Gasteiger partial charge in [-0.3, -0.25) is 0 Å². The molecule has 1 aromatic rings. The van der Waals surface area contributed by atoms with E-state index in [4.69, 9.17) is 10.5 Å². The number of hydrogen-bond acceptors (Lipinski definition) is 5. The molecule has 0 radical (unpaired) electrons. The van der Waals surface area contributed by atoms with Crippen LogP contribution in [0.25, 0.3) is 0 Å². The van der Waals surface area contributed by atoms with Crippen LogP contribution in [0.2, 0.25) is 0 Å². The molecule has 2 N–H and O–H groups in total. The quantitative estimate of drug-likeness (QED) is 0.819. The lowest BCUT2D eigenvalue weighted by molar-refractivity contribution is 0.227. The minimum Gasteiger partial charge on any atom is -0.477 e. The summed E-state index contributed by atoms with van der Waals surface area (Å²) in [6.45, 7) is 2.32. The van der Waals surface area contributed by atoms with Gasteiger partial charge in [-0.05, 0) is 38.9 Å². The van der Waals surface area contributed by atoms with Crippen LogP contribution in [-0.2, 0) is 6.54 Å². The maximum Gasteiger partial charge on any atom is 0.233 e. The standard InChI is InChI=1S/C12H20N4O/c1-16-7-2-3-11(16)6-8-17-12-5-4-10(9-13)14-15-12/h4-5,11H,2-3,6-9,13H2,1H3. The molecule has 17 heavy (non-hydrogen) atoms. The number of aromatic nitrogens is 2. The van der Waals surface area contributed by atoms with Gasteiger partial charge >= 0.3 is 0 Å². The van der Waals surface area contributed by atoms with Crippen molar-refractivity contribution in [1.29, 1.82) is 0 Å². The van der Waals surface area contributed by atoms with Crippen LogP contribution in [0.5, 0.6) is 5.88 Å². The topological polar surface area (TPSA) is 64.3 Å². The number of ether oxygens (including phenoxy) is 1. The van der Waals surface area contributed by atoms with Crippen LogP contribution in [-0.4, -0.2) is 41.3 Å². The number of likely N-dealkylation sites (tertiary alicyclic amines) is 1. The molecular weight excluding hydrogens is 216 g/mol. The van der Waals surface area contributed by atoms with E-state index in [-0.39, 0.29) is 0 Å². The highest BCUT2D eigenvalue weighted by molar-refractivity contribution is 5.11. The fraction of sp³-hybridized carbons (Fsp3) is 0.667. The predicted molar refractivity (Wildman–Crippen MR) is 65.7 cm³/mol. The molecule has 0 saturated carbocycles. The maximum atomic E-state index is 5.57. The van der Waals surface area contributed by atoms with E-state index < -0.39 is 0 Å². The summed E-state index contributed by atoms with van der Waals surface area (Å²) >= 11 is 0. The smallest absolute Gasteiger partial charge is 0.233 e. The van der Waals surface area contributed by atoms with E-state index in [1.54, 1.807) is 0 Å². The summed E-state index contributed by atoms with van der Waals surface area (Å²) in [6, 6.07) is 4.34. The Labute approximate surface area is 102 Å². The molecule has 1 fully saturated rings. The van der Waals surface area contributed by atoms with E-state index in [9.17, 15) is 0 Å². The van der Waals surface area contributed by atoms with Gasteiger partial charge in [-0.2, -0.15) is 5.10 Å². The molecule has 0 aliphatic carbocycles. The lowest BCUT2D eigenvalue weighted by Gasteiger charge is -2.18. The molecule has 1 atom stereocenters. The molecular formula is C12H20N4O. The largest absolute Gasteiger partial charge is 0.477 e. The van der Waals surface area contributed by atoms with Gasteiger partial charge in [0.15, 0.2) is 0 Å². The summed E-state index contributed by atoms with van der Waals surface area (Å²) in [5.41, 5.74) is 6.23. The molecule has 1 unspecified atom stereocenters. The number of rotatable bonds is 5.